The average molecular weight is 265 g/mol. The largest absolute Gasteiger partial charge is 0.340 e. The highest BCUT2D eigenvalue weighted by Crippen LogP contribution is 2.07. The third kappa shape index (κ3) is 9.42. The van der Waals surface area contributed by atoms with Crippen LogP contribution in [0.4, 0.5) is 0 Å². The molecule has 104 valence electrons. The summed E-state index contributed by atoms with van der Waals surface area (Å²) in [5.41, 5.74) is 5.67. The smallest absolute Gasteiger partial charge is 0.222 e. The highest BCUT2D eigenvalue weighted by Gasteiger charge is 2.16. The van der Waals surface area contributed by atoms with E-state index in [1.165, 1.54) is 12.8 Å². The zero-order chi connectivity index (χ0) is 12.6. The molecule has 2 N–H and O–H groups in total. The van der Waals surface area contributed by atoms with Gasteiger partial charge in [-0.3, -0.25) is 4.79 Å². The number of nitrogens with zero attached hydrogens (tertiary/aromatic N) is 1. The summed E-state index contributed by atoms with van der Waals surface area (Å²) in [4.78, 5) is 13.9. The number of amides is 1. The van der Waals surface area contributed by atoms with Gasteiger partial charge in [-0.05, 0) is 33.6 Å². The SMILES string of the molecule is CCCCCN(C(=O)CCC(C)N)C(C)C.Cl. The third-order valence-electron chi connectivity index (χ3n) is 2.76. The van der Waals surface area contributed by atoms with Crippen molar-refractivity contribution in [2.75, 3.05) is 6.54 Å². The lowest BCUT2D eigenvalue weighted by Gasteiger charge is -2.27. The van der Waals surface area contributed by atoms with E-state index in [2.05, 4.69) is 20.8 Å². The molecular weight excluding hydrogens is 236 g/mol. The minimum absolute atomic E-state index is 0. The molecular formula is C13H29ClN2O. The van der Waals surface area contributed by atoms with Gasteiger partial charge in [-0.15, -0.1) is 12.4 Å². The molecule has 0 bridgehead atoms. The van der Waals surface area contributed by atoms with E-state index in [0.29, 0.717) is 12.5 Å². The third-order valence-corrected chi connectivity index (χ3v) is 2.76. The number of carbonyl (C=O) groups is 1. The van der Waals surface area contributed by atoms with E-state index in [0.717, 1.165) is 19.4 Å². The number of nitrogens with two attached hydrogens (primary N) is 1. The van der Waals surface area contributed by atoms with Crippen LogP contribution in [0.25, 0.3) is 0 Å². The van der Waals surface area contributed by atoms with Crippen LogP contribution in [-0.2, 0) is 4.79 Å². The van der Waals surface area contributed by atoms with Crippen LogP contribution >= 0.6 is 12.4 Å². The van der Waals surface area contributed by atoms with Gasteiger partial charge in [0.15, 0.2) is 0 Å². The Morgan fingerprint density at radius 1 is 1.24 bits per heavy atom. The van der Waals surface area contributed by atoms with Gasteiger partial charge in [0.2, 0.25) is 5.91 Å². The zero-order valence-corrected chi connectivity index (χ0v) is 12.6. The molecule has 0 rings (SSSR count). The maximum Gasteiger partial charge on any atom is 0.222 e. The lowest BCUT2D eigenvalue weighted by molar-refractivity contribution is -0.133. The van der Waals surface area contributed by atoms with Gasteiger partial charge in [0.05, 0.1) is 0 Å². The Kier molecular flexibility index (Phi) is 12.2. The van der Waals surface area contributed by atoms with Crippen molar-refractivity contribution in [2.45, 2.75) is 71.9 Å². The van der Waals surface area contributed by atoms with Crippen molar-refractivity contribution in [3.8, 4) is 0 Å². The molecule has 1 amide bonds. The van der Waals surface area contributed by atoms with Crippen molar-refractivity contribution >= 4 is 18.3 Å². The Hall–Kier alpha value is -0.280. The molecule has 3 nitrogen and oxygen atoms in total. The summed E-state index contributed by atoms with van der Waals surface area (Å²) in [6.45, 7) is 9.18. The molecule has 0 heterocycles. The number of hydrogen-bond donors (Lipinski definition) is 1. The highest BCUT2D eigenvalue weighted by atomic mass is 35.5. The fraction of sp³-hybridized carbons (Fsp3) is 0.923. The fourth-order valence-electron chi connectivity index (χ4n) is 1.70. The van der Waals surface area contributed by atoms with Crippen LogP contribution < -0.4 is 5.73 Å². The summed E-state index contributed by atoms with van der Waals surface area (Å²) in [6.07, 6.45) is 4.88. The van der Waals surface area contributed by atoms with Gasteiger partial charge in [0, 0.05) is 25.0 Å². The van der Waals surface area contributed by atoms with Gasteiger partial charge in [-0.1, -0.05) is 19.8 Å². The molecule has 0 saturated carbocycles. The molecule has 4 heteroatoms. The van der Waals surface area contributed by atoms with Crippen LogP contribution in [0.3, 0.4) is 0 Å². The van der Waals surface area contributed by atoms with Crippen molar-refractivity contribution < 1.29 is 4.79 Å². The molecule has 1 unspecified atom stereocenters. The average Bonchev–Trinajstić information content (AvgIpc) is 2.20. The van der Waals surface area contributed by atoms with Crippen LogP contribution in [0.5, 0.6) is 0 Å². The predicted molar refractivity (Wildman–Crippen MR) is 76.5 cm³/mol. The standard InChI is InChI=1S/C13H28N2O.ClH/c1-5-6-7-10-15(11(2)3)13(16)9-8-12(4)14;/h11-12H,5-10,14H2,1-4H3;1H. The molecule has 0 aliphatic rings. The number of carbonyl (C=O) groups excluding carboxylic acids is 1. The summed E-state index contributed by atoms with van der Waals surface area (Å²) in [5, 5.41) is 0. The van der Waals surface area contributed by atoms with Gasteiger partial charge in [0.1, 0.15) is 0 Å². The lowest BCUT2D eigenvalue weighted by atomic mass is 10.1. The quantitative estimate of drug-likeness (QED) is 0.685. The lowest BCUT2D eigenvalue weighted by Crippen LogP contribution is -2.38. The Bertz CT molecular complexity index is 196. The molecule has 0 spiro atoms. The van der Waals surface area contributed by atoms with E-state index in [9.17, 15) is 4.79 Å². The summed E-state index contributed by atoms with van der Waals surface area (Å²) in [6, 6.07) is 0.422. The highest BCUT2D eigenvalue weighted by molar-refractivity contribution is 5.85. The van der Waals surface area contributed by atoms with E-state index >= 15 is 0 Å². The van der Waals surface area contributed by atoms with Crippen LogP contribution in [-0.4, -0.2) is 29.4 Å². The van der Waals surface area contributed by atoms with E-state index in [1.54, 1.807) is 0 Å². The fourth-order valence-corrected chi connectivity index (χ4v) is 1.70. The molecule has 0 aliphatic carbocycles. The topological polar surface area (TPSA) is 46.3 Å². The normalized spacial score (nSPS) is 12.1. The van der Waals surface area contributed by atoms with Crippen molar-refractivity contribution in [1.29, 1.82) is 0 Å². The van der Waals surface area contributed by atoms with E-state index in [-0.39, 0.29) is 24.4 Å². The van der Waals surface area contributed by atoms with Crippen molar-refractivity contribution in [2.24, 2.45) is 5.73 Å². The summed E-state index contributed by atoms with van der Waals surface area (Å²) < 4.78 is 0. The zero-order valence-electron chi connectivity index (χ0n) is 11.7. The van der Waals surface area contributed by atoms with E-state index < -0.39 is 0 Å². The minimum Gasteiger partial charge on any atom is -0.340 e. The van der Waals surface area contributed by atoms with Crippen molar-refractivity contribution in [1.82, 2.24) is 4.90 Å². The van der Waals surface area contributed by atoms with Crippen LogP contribution in [0.15, 0.2) is 0 Å². The minimum atomic E-state index is 0. The first-order valence-corrected chi connectivity index (χ1v) is 6.54. The first-order chi connectivity index (χ1) is 7.49. The second kappa shape index (κ2) is 10.8. The Morgan fingerprint density at radius 2 is 1.82 bits per heavy atom. The number of unbranched alkanes of at least 4 members (excludes halogenated alkanes) is 2. The monoisotopic (exact) mass is 264 g/mol. The number of halogens is 1. The second-order valence-electron chi connectivity index (χ2n) is 4.90. The molecule has 0 aromatic rings. The maximum absolute atomic E-state index is 12.0. The molecule has 0 radical (unpaired) electrons. The van der Waals surface area contributed by atoms with Crippen LogP contribution in [0.1, 0.15) is 59.8 Å². The van der Waals surface area contributed by atoms with Crippen LogP contribution in [0, 0.1) is 0 Å². The van der Waals surface area contributed by atoms with E-state index in [4.69, 9.17) is 5.73 Å². The van der Waals surface area contributed by atoms with Gasteiger partial charge in [-0.2, -0.15) is 0 Å². The van der Waals surface area contributed by atoms with Crippen molar-refractivity contribution in [3.63, 3.8) is 0 Å². The molecule has 17 heavy (non-hydrogen) atoms. The Morgan fingerprint density at radius 3 is 2.24 bits per heavy atom. The maximum atomic E-state index is 12.0. The molecule has 0 aliphatic heterocycles. The molecule has 0 aromatic heterocycles. The van der Waals surface area contributed by atoms with Crippen LogP contribution in [0.2, 0.25) is 0 Å². The van der Waals surface area contributed by atoms with Gasteiger partial charge < -0.3 is 10.6 Å². The summed E-state index contributed by atoms with van der Waals surface area (Å²) in [7, 11) is 0. The van der Waals surface area contributed by atoms with Gasteiger partial charge in [-0.25, -0.2) is 0 Å². The molecule has 0 saturated heterocycles. The second-order valence-corrected chi connectivity index (χ2v) is 4.90. The van der Waals surface area contributed by atoms with Gasteiger partial charge in [0.25, 0.3) is 0 Å². The molecule has 0 fully saturated rings. The summed E-state index contributed by atoms with van der Waals surface area (Å²) >= 11 is 0. The number of rotatable bonds is 8. The van der Waals surface area contributed by atoms with Gasteiger partial charge >= 0.3 is 0 Å². The first-order valence-electron chi connectivity index (χ1n) is 6.54. The van der Waals surface area contributed by atoms with Crippen molar-refractivity contribution in [3.05, 3.63) is 0 Å². The van der Waals surface area contributed by atoms with E-state index in [1.807, 2.05) is 11.8 Å². The number of hydrogen-bond acceptors (Lipinski definition) is 2. The summed E-state index contributed by atoms with van der Waals surface area (Å²) in [5.74, 6) is 0.253. The Labute approximate surface area is 113 Å². The predicted octanol–water partition coefficient (Wildman–Crippen LogP) is 2.96. The molecule has 0 aromatic carbocycles. The first kappa shape index (κ1) is 19.1. The molecule has 1 atom stereocenters. The Balaban J connectivity index is 0.